The molecule has 0 aliphatic carbocycles. The van der Waals surface area contributed by atoms with Crippen molar-refractivity contribution in [3.8, 4) is 0 Å². The smallest absolute Gasteiger partial charge is 0.413 e. The third-order valence-corrected chi connectivity index (χ3v) is 1.78. The van der Waals surface area contributed by atoms with Crippen molar-refractivity contribution < 1.29 is 18.3 Å². The lowest BCUT2D eigenvalue weighted by atomic mass is 10.3. The van der Waals surface area contributed by atoms with Crippen LogP contribution < -0.4 is 10.6 Å². The quantitative estimate of drug-likeness (QED) is 0.744. The topological polar surface area (TPSA) is 50.4 Å². The summed E-state index contributed by atoms with van der Waals surface area (Å²) in [5, 5.41) is 4.23. The summed E-state index contributed by atoms with van der Waals surface area (Å²) in [4.78, 5) is 10.7. The Hall–Kier alpha value is -1.76. The number of carbonyl (C=O) groups is 1. The van der Waals surface area contributed by atoms with Gasteiger partial charge in [-0.3, -0.25) is 5.32 Å². The molecule has 0 saturated heterocycles. The molecule has 2 N–H and O–H groups in total. The molecule has 1 aromatic rings. The fourth-order valence-corrected chi connectivity index (χ4v) is 1.08. The van der Waals surface area contributed by atoms with Crippen molar-refractivity contribution in [3.05, 3.63) is 29.8 Å². The number of methoxy groups -OCH3 is 1. The van der Waals surface area contributed by atoms with Gasteiger partial charge in [-0.25, -0.2) is 13.6 Å². The van der Waals surface area contributed by atoms with Crippen molar-refractivity contribution in [2.75, 3.05) is 12.4 Å². The number of ether oxygens (including phenoxy) is 1. The fourth-order valence-electron chi connectivity index (χ4n) is 0.891. The van der Waals surface area contributed by atoms with E-state index in [0.29, 0.717) is 0 Å². The molecule has 0 unspecified atom stereocenters. The zero-order valence-corrected chi connectivity index (χ0v) is 9.03. The largest absolute Gasteiger partial charge is 0.453 e. The normalized spacial score (nSPS) is 9.44. The number of hydrogen-bond acceptors (Lipinski definition) is 3. The lowest BCUT2D eigenvalue weighted by Gasteiger charge is -2.09. The zero-order chi connectivity index (χ0) is 12.1. The van der Waals surface area contributed by atoms with Gasteiger partial charge in [-0.2, -0.15) is 0 Å². The van der Waals surface area contributed by atoms with Gasteiger partial charge in [0.25, 0.3) is 0 Å². The average molecular weight is 246 g/mol. The van der Waals surface area contributed by atoms with Crippen molar-refractivity contribution in [2.45, 2.75) is 0 Å². The van der Waals surface area contributed by atoms with E-state index in [2.05, 4.69) is 27.6 Å². The van der Waals surface area contributed by atoms with Gasteiger partial charge >= 0.3 is 6.09 Å². The molecule has 1 aromatic carbocycles. The minimum atomic E-state index is -0.797. The van der Waals surface area contributed by atoms with Crippen molar-refractivity contribution in [1.29, 1.82) is 0 Å². The van der Waals surface area contributed by atoms with Crippen molar-refractivity contribution in [1.82, 2.24) is 5.32 Å². The Morgan fingerprint density at radius 2 is 2.12 bits per heavy atom. The number of anilines is 1. The maximum Gasteiger partial charge on any atom is 0.413 e. The Morgan fingerprint density at radius 3 is 2.75 bits per heavy atom. The molecule has 0 aromatic heterocycles. The molecule has 0 saturated carbocycles. The number of nitrogens with one attached hydrogen (secondary N) is 2. The Kier molecular flexibility index (Phi) is 4.12. The molecule has 1 amide bonds. The van der Waals surface area contributed by atoms with E-state index in [1.807, 2.05) is 0 Å². The van der Waals surface area contributed by atoms with E-state index in [9.17, 15) is 13.6 Å². The number of carbonyl (C=O) groups excluding carboxylic acids is 1. The van der Waals surface area contributed by atoms with Crippen molar-refractivity contribution >= 4 is 29.1 Å². The highest BCUT2D eigenvalue weighted by Crippen LogP contribution is 2.14. The molecule has 0 aliphatic heterocycles. The Morgan fingerprint density at radius 1 is 1.44 bits per heavy atom. The fraction of sp³-hybridized carbons (Fsp3) is 0.111. The number of alkyl carbamates (subject to hydrolysis) is 1. The zero-order valence-electron chi connectivity index (χ0n) is 8.21. The van der Waals surface area contributed by atoms with Crippen LogP contribution in [0.5, 0.6) is 0 Å². The van der Waals surface area contributed by atoms with E-state index in [-0.39, 0.29) is 10.8 Å². The van der Waals surface area contributed by atoms with Gasteiger partial charge in [0, 0.05) is 6.07 Å². The highest BCUT2D eigenvalue weighted by molar-refractivity contribution is 7.80. The number of thiocarbonyl (C=S) groups is 1. The highest BCUT2D eigenvalue weighted by atomic mass is 32.1. The van der Waals surface area contributed by atoms with Gasteiger partial charge in [-0.05, 0) is 24.4 Å². The molecule has 4 nitrogen and oxygen atoms in total. The van der Waals surface area contributed by atoms with E-state index in [1.165, 1.54) is 0 Å². The highest BCUT2D eigenvalue weighted by Gasteiger charge is 2.07. The molecule has 0 fully saturated rings. The predicted molar refractivity (Wildman–Crippen MR) is 58.1 cm³/mol. The van der Waals surface area contributed by atoms with Crippen LogP contribution in [0.2, 0.25) is 0 Å². The minimum absolute atomic E-state index is 0.165. The van der Waals surface area contributed by atoms with Gasteiger partial charge < -0.3 is 10.1 Å². The number of amides is 1. The number of halogens is 2. The summed E-state index contributed by atoms with van der Waals surface area (Å²) < 4.78 is 30.1. The molecule has 86 valence electrons. The van der Waals surface area contributed by atoms with Crippen LogP contribution in [-0.4, -0.2) is 18.3 Å². The molecule has 0 bridgehead atoms. The SMILES string of the molecule is COC(=O)NC(=S)Nc1cc(F)ccc1F. The maximum atomic E-state index is 13.1. The average Bonchev–Trinajstić information content (AvgIpc) is 2.23. The van der Waals surface area contributed by atoms with Crippen LogP contribution in [0.4, 0.5) is 19.3 Å². The Bertz CT molecular complexity index is 426. The van der Waals surface area contributed by atoms with E-state index < -0.39 is 17.7 Å². The van der Waals surface area contributed by atoms with Gasteiger partial charge in [0.1, 0.15) is 11.6 Å². The van der Waals surface area contributed by atoms with Crippen LogP contribution in [0.1, 0.15) is 0 Å². The molecule has 0 radical (unpaired) electrons. The first-order valence-electron chi connectivity index (χ1n) is 4.14. The van der Waals surface area contributed by atoms with Crippen LogP contribution in [-0.2, 0) is 4.74 Å². The summed E-state index contributed by atoms with van der Waals surface area (Å²) in [5.74, 6) is -1.31. The summed E-state index contributed by atoms with van der Waals surface area (Å²) >= 11 is 4.67. The van der Waals surface area contributed by atoms with E-state index in [1.54, 1.807) is 0 Å². The molecule has 0 aliphatic rings. The van der Waals surface area contributed by atoms with Crippen LogP contribution in [0, 0.1) is 11.6 Å². The molecular formula is C9H8F2N2O2S. The summed E-state index contributed by atoms with van der Waals surface area (Å²) in [6, 6.07) is 2.83. The number of rotatable bonds is 1. The van der Waals surface area contributed by atoms with Crippen LogP contribution in [0.3, 0.4) is 0 Å². The molecule has 7 heteroatoms. The van der Waals surface area contributed by atoms with Crippen LogP contribution in [0.25, 0.3) is 0 Å². The molecular weight excluding hydrogens is 238 g/mol. The second-order valence-corrected chi connectivity index (χ2v) is 3.10. The summed E-state index contributed by atoms with van der Waals surface area (Å²) in [5.41, 5.74) is -0.165. The second kappa shape index (κ2) is 5.36. The van der Waals surface area contributed by atoms with E-state index >= 15 is 0 Å². The minimum Gasteiger partial charge on any atom is -0.453 e. The number of hydrogen-bond donors (Lipinski definition) is 2. The molecule has 0 spiro atoms. The number of benzene rings is 1. The lowest BCUT2D eigenvalue weighted by Crippen LogP contribution is -2.34. The lowest BCUT2D eigenvalue weighted by molar-refractivity contribution is 0.177. The Labute approximate surface area is 95.6 Å². The van der Waals surface area contributed by atoms with Gasteiger partial charge in [-0.15, -0.1) is 0 Å². The maximum absolute atomic E-state index is 13.1. The van der Waals surface area contributed by atoms with E-state index in [0.717, 1.165) is 25.3 Å². The predicted octanol–water partition coefficient (Wildman–Crippen LogP) is 2.02. The summed E-state index contributed by atoms with van der Waals surface area (Å²) in [7, 11) is 1.15. The Balaban J connectivity index is 2.69. The molecule has 1 rings (SSSR count). The third-order valence-electron chi connectivity index (χ3n) is 1.58. The van der Waals surface area contributed by atoms with Crippen LogP contribution >= 0.6 is 12.2 Å². The first-order chi connectivity index (χ1) is 7.52. The summed E-state index contributed by atoms with van der Waals surface area (Å²) in [6.07, 6.45) is -0.797. The van der Waals surface area contributed by atoms with Gasteiger partial charge in [0.2, 0.25) is 0 Å². The van der Waals surface area contributed by atoms with E-state index in [4.69, 9.17) is 0 Å². The second-order valence-electron chi connectivity index (χ2n) is 2.69. The van der Waals surface area contributed by atoms with Gasteiger partial charge in [0.15, 0.2) is 5.11 Å². The first kappa shape index (κ1) is 12.3. The first-order valence-corrected chi connectivity index (χ1v) is 4.54. The molecule has 16 heavy (non-hydrogen) atoms. The van der Waals surface area contributed by atoms with Gasteiger partial charge in [-0.1, -0.05) is 0 Å². The molecule has 0 heterocycles. The third kappa shape index (κ3) is 3.43. The standard InChI is InChI=1S/C9H8F2N2O2S/c1-15-9(14)13-8(16)12-7-4-5(10)2-3-6(7)11/h2-4H,1H3,(H2,12,13,14,16). The monoisotopic (exact) mass is 246 g/mol. The van der Waals surface area contributed by atoms with Gasteiger partial charge in [0.05, 0.1) is 12.8 Å². The van der Waals surface area contributed by atoms with Crippen LogP contribution in [0.15, 0.2) is 18.2 Å². The van der Waals surface area contributed by atoms with Crippen molar-refractivity contribution in [2.24, 2.45) is 0 Å². The van der Waals surface area contributed by atoms with Crippen molar-refractivity contribution in [3.63, 3.8) is 0 Å². The summed E-state index contributed by atoms with van der Waals surface area (Å²) in [6.45, 7) is 0. The molecule has 0 atom stereocenters.